The number of aliphatic hydroxyl groups is 1. The van der Waals surface area contributed by atoms with Crippen LogP contribution < -0.4 is 0 Å². The van der Waals surface area contributed by atoms with Crippen molar-refractivity contribution in [1.29, 1.82) is 0 Å². The second-order valence-electron chi connectivity index (χ2n) is 11.2. The van der Waals surface area contributed by atoms with Crippen LogP contribution in [0, 0.1) is 35.0 Å². The smallest absolute Gasteiger partial charge is 0.133 e. The Kier molecular flexibility index (Phi) is 6.05. The average Bonchev–Trinajstić information content (AvgIpc) is 3.34. The number of allylic oxidation sites excluding steroid dienone is 1. The molecule has 172 valence electrons. The molecule has 3 saturated carbocycles. The third-order valence-electron chi connectivity index (χ3n) is 9.72. The lowest BCUT2D eigenvalue weighted by Crippen LogP contribution is -2.41. The van der Waals surface area contributed by atoms with Gasteiger partial charge in [-0.05, 0) is 97.5 Å². The summed E-state index contributed by atoms with van der Waals surface area (Å²) in [7, 11) is 0. The highest BCUT2D eigenvalue weighted by Crippen LogP contribution is 2.59. The highest BCUT2D eigenvalue weighted by atomic mass is 16.3. The molecule has 0 bridgehead atoms. The van der Waals surface area contributed by atoms with E-state index in [1.807, 2.05) is 0 Å². The van der Waals surface area contributed by atoms with Gasteiger partial charge < -0.3 is 9.67 Å². The molecule has 0 spiro atoms. The van der Waals surface area contributed by atoms with Crippen molar-refractivity contribution >= 4 is 16.7 Å². The highest BCUT2D eigenvalue weighted by molar-refractivity contribution is 5.80. The van der Waals surface area contributed by atoms with Crippen molar-refractivity contribution in [2.75, 3.05) is 6.61 Å². The zero-order chi connectivity index (χ0) is 22.3. The number of aliphatic hydroxyl groups excluding tert-OH is 1. The van der Waals surface area contributed by atoms with Crippen molar-refractivity contribution in [3.05, 3.63) is 48.7 Å². The van der Waals surface area contributed by atoms with E-state index in [1.165, 1.54) is 48.6 Å². The molecule has 6 atom stereocenters. The van der Waals surface area contributed by atoms with Crippen LogP contribution in [0.15, 0.2) is 48.7 Å². The largest absolute Gasteiger partial charge is 0.396 e. The molecule has 32 heavy (non-hydrogen) atoms. The monoisotopic (exact) mass is 433 g/mol. The molecule has 1 aromatic heterocycles. The van der Waals surface area contributed by atoms with Gasteiger partial charge in [0.05, 0.1) is 0 Å². The molecule has 1 aromatic carbocycles. The lowest BCUT2D eigenvalue weighted by Gasteiger charge is -2.47. The van der Waals surface area contributed by atoms with Crippen LogP contribution in [-0.4, -0.2) is 22.1 Å². The van der Waals surface area contributed by atoms with E-state index >= 15 is 0 Å². The maximum absolute atomic E-state index is 11.9. The van der Waals surface area contributed by atoms with Crippen LogP contribution in [-0.2, 0) is 11.3 Å². The number of hydrogen-bond donors (Lipinski definition) is 1. The van der Waals surface area contributed by atoms with Gasteiger partial charge in [0.15, 0.2) is 0 Å². The average molecular weight is 434 g/mol. The Hall–Kier alpha value is -1.87. The molecule has 0 amide bonds. The predicted octanol–water partition coefficient (Wildman–Crippen LogP) is 6.40. The Morgan fingerprint density at radius 1 is 1.06 bits per heavy atom. The van der Waals surface area contributed by atoms with Gasteiger partial charge in [0.25, 0.3) is 0 Å². The van der Waals surface area contributed by atoms with Gasteiger partial charge in [-0.25, -0.2) is 0 Å². The van der Waals surface area contributed by atoms with E-state index in [0.29, 0.717) is 35.9 Å². The van der Waals surface area contributed by atoms with Crippen LogP contribution in [0.2, 0.25) is 0 Å². The second kappa shape index (κ2) is 8.82. The van der Waals surface area contributed by atoms with E-state index in [9.17, 15) is 9.90 Å². The van der Waals surface area contributed by atoms with Crippen LogP contribution in [0.1, 0.15) is 64.7 Å². The van der Waals surface area contributed by atoms with Crippen molar-refractivity contribution in [1.82, 2.24) is 4.57 Å². The summed E-state index contributed by atoms with van der Waals surface area (Å²) in [5, 5.41) is 11.2. The number of para-hydroxylation sites is 1. The predicted molar refractivity (Wildman–Crippen MR) is 130 cm³/mol. The number of hydrogen-bond acceptors (Lipinski definition) is 2. The minimum Gasteiger partial charge on any atom is -0.396 e. The Bertz CT molecular complexity index is 990. The van der Waals surface area contributed by atoms with E-state index in [2.05, 4.69) is 54.6 Å². The molecule has 1 heterocycles. The number of nitrogens with zero attached hydrogens (tertiary/aromatic N) is 1. The normalized spacial score (nSPS) is 35.4. The van der Waals surface area contributed by atoms with Gasteiger partial charge in [-0.1, -0.05) is 37.3 Å². The van der Waals surface area contributed by atoms with E-state index < -0.39 is 0 Å². The molecular formula is C29H39NO2. The summed E-state index contributed by atoms with van der Waals surface area (Å²) in [4.78, 5) is 11.9. The highest BCUT2D eigenvalue weighted by Gasteiger charge is 2.50. The molecule has 0 saturated heterocycles. The molecule has 0 radical (unpaired) electrons. The lowest BCUT2D eigenvalue weighted by atomic mass is 9.58. The van der Waals surface area contributed by atoms with Gasteiger partial charge in [0.1, 0.15) is 5.78 Å². The Morgan fingerprint density at radius 3 is 2.72 bits per heavy atom. The van der Waals surface area contributed by atoms with Crippen LogP contribution in [0.5, 0.6) is 0 Å². The van der Waals surface area contributed by atoms with Gasteiger partial charge in [-0.2, -0.15) is 0 Å². The summed E-state index contributed by atoms with van der Waals surface area (Å²) in [6.45, 7) is 8.24. The van der Waals surface area contributed by atoms with Crippen LogP contribution in [0.4, 0.5) is 0 Å². The first-order chi connectivity index (χ1) is 15.5. The topological polar surface area (TPSA) is 42.2 Å². The first-order valence-electron chi connectivity index (χ1n) is 12.8. The molecule has 3 heteroatoms. The molecule has 3 aliphatic rings. The summed E-state index contributed by atoms with van der Waals surface area (Å²) in [5.74, 6) is 3.14. The fraction of sp³-hybridized carbons (Fsp3) is 0.621. The van der Waals surface area contributed by atoms with Gasteiger partial charge in [0.2, 0.25) is 0 Å². The van der Waals surface area contributed by atoms with Crippen LogP contribution in [0.3, 0.4) is 0 Å². The number of carbonyl (C=O) groups is 1. The SMILES string of the molecule is C=C1CC[C@H]2[C@H](Cn3ccc4ccccc43)[C@@H](CC[C@@H]3CCC(=O)C[C@@H]3CO)CC[C@]12C. The molecule has 3 aliphatic carbocycles. The number of ketones is 1. The standard InChI is InChI=1S/C29H39NO2/c1-20-7-12-27-26(18-30-16-14-23-5-3-4-6-28(23)30)22(13-15-29(20,27)2)9-8-21-10-11-25(32)17-24(21)19-31/h3-6,14,16,21-22,24,26-27,31H,1,7-13,15,17-19H2,2H3/t21-,22+,24-,26-,27+,29-/m1/s1. The molecule has 0 unspecified atom stereocenters. The van der Waals surface area contributed by atoms with Crippen molar-refractivity contribution in [2.45, 2.75) is 71.3 Å². The van der Waals surface area contributed by atoms with E-state index in [-0.39, 0.29) is 12.5 Å². The Balaban J connectivity index is 1.37. The molecule has 5 rings (SSSR count). The fourth-order valence-electron chi connectivity index (χ4n) is 7.60. The first kappa shape index (κ1) is 21.9. The molecule has 1 N–H and O–H groups in total. The minimum atomic E-state index is 0.167. The summed E-state index contributed by atoms with van der Waals surface area (Å²) >= 11 is 0. The molecule has 3 nitrogen and oxygen atoms in total. The van der Waals surface area contributed by atoms with Crippen LogP contribution in [0.25, 0.3) is 10.9 Å². The van der Waals surface area contributed by atoms with E-state index in [4.69, 9.17) is 0 Å². The van der Waals surface area contributed by atoms with Gasteiger partial charge in [-0.15, -0.1) is 0 Å². The second-order valence-corrected chi connectivity index (χ2v) is 11.2. The van der Waals surface area contributed by atoms with E-state index in [1.54, 1.807) is 0 Å². The van der Waals surface area contributed by atoms with Crippen LogP contribution >= 0.6 is 0 Å². The summed E-state index contributed by atoms with van der Waals surface area (Å²) < 4.78 is 2.50. The summed E-state index contributed by atoms with van der Waals surface area (Å²) in [5.41, 5.74) is 3.13. The minimum absolute atomic E-state index is 0.167. The molecular weight excluding hydrogens is 394 g/mol. The Labute approximate surface area is 192 Å². The number of rotatable bonds is 6. The third-order valence-corrected chi connectivity index (χ3v) is 9.72. The summed E-state index contributed by atoms with van der Waals surface area (Å²) in [6, 6.07) is 11.0. The van der Waals surface area contributed by atoms with Crippen molar-refractivity contribution in [3.63, 3.8) is 0 Å². The van der Waals surface area contributed by atoms with Crippen molar-refractivity contribution in [2.24, 2.45) is 35.0 Å². The summed E-state index contributed by atoms with van der Waals surface area (Å²) in [6.07, 6.45) is 12.0. The van der Waals surface area contributed by atoms with Gasteiger partial charge in [0, 0.05) is 37.7 Å². The van der Waals surface area contributed by atoms with Gasteiger partial charge >= 0.3 is 0 Å². The fourth-order valence-corrected chi connectivity index (χ4v) is 7.60. The number of aromatic nitrogens is 1. The molecule has 2 aromatic rings. The Morgan fingerprint density at radius 2 is 1.88 bits per heavy atom. The maximum atomic E-state index is 11.9. The van der Waals surface area contributed by atoms with Crippen molar-refractivity contribution in [3.8, 4) is 0 Å². The zero-order valence-corrected chi connectivity index (χ0v) is 19.6. The lowest BCUT2D eigenvalue weighted by molar-refractivity contribution is -0.123. The van der Waals surface area contributed by atoms with Gasteiger partial charge in [-0.3, -0.25) is 4.79 Å². The first-order valence-corrected chi connectivity index (χ1v) is 12.8. The molecule has 3 fully saturated rings. The third kappa shape index (κ3) is 3.87. The number of Topliss-reactive ketones (excluding diaryl/α,β-unsaturated/α-hetero) is 1. The van der Waals surface area contributed by atoms with Crippen molar-refractivity contribution < 1.29 is 9.90 Å². The van der Waals surface area contributed by atoms with E-state index in [0.717, 1.165) is 31.2 Å². The quantitative estimate of drug-likeness (QED) is 0.536. The number of fused-ring (bicyclic) bond motifs is 2. The molecule has 0 aliphatic heterocycles. The number of benzene rings is 1. The number of carbonyl (C=O) groups excluding carboxylic acids is 1. The maximum Gasteiger partial charge on any atom is 0.133 e. The zero-order valence-electron chi connectivity index (χ0n) is 19.6.